The average Bonchev–Trinajstić information content (AvgIpc) is 2.46. The Morgan fingerprint density at radius 3 is 2.60 bits per heavy atom. The van der Waals surface area contributed by atoms with Crippen LogP contribution in [0.1, 0.15) is 34.2 Å². The molecule has 2 aromatic rings. The number of aromatic nitrogens is 2. The molecule has 0 atom stereocenters. The molecule has 0 aliphatic carbocycles. The van der Waals surface area contributed by atoms with Crippen molar-refractivity contribution in [3.8, 4) is 5.75 Å². The average molecular weight is 274 g/mol. The molecule has 1 heterocycles. The number of carbonyl (C=O) groups is 1. The maximum atomic E-state index is 14.0. The number of hydrogen-bond acceptors (Lipinski definition) is 4. The van der Waals surface area contributed by atoms with E-state index in [1.54, 1.807) is 19.1 Å². The lowest BCUT2D eigenvalue weighted by Crippen LogP contribution is -2.10. The van der Waals surface area contributed by atoms with E-state index >= 15 is 0 Å². The summed E-state index contributed by atoms with van der Waals surface area (Å²) in [6.07, 6.45) is 0.562. The van der Waals surface area contributed by atoms with Crippen molar-refractivity contribution >= 4 is 5.78 Å². The Labute approximate surface area is 116 Å². The van der Waals surface area contributed by atoms with Crippen LogP contribution in [0, 0.1) is 12.7 Å². The quantitative estimate of drug-likeness (QED) is 0.804. The first-order valence-corrected chi connectivity index (χ1v) is 6.28. The summed E-state index contributed by atoms with van der Waals surface area (Å²) in [4.78, 5) is 12.5. The highest BCUT2D eigenvalue weighted by atomic mass is 19.1. The molecule has 0 amide bonds. The highest BCUT2D eigenvalue weighted by Crippen LogP contribution is 2.20. The molecule has 1 aromatic heterocycles. The van der Waals surface area contributed by atoms with Gasteiger partial charge in [0.25, 0.3) is 0 Å². The first-order chi connectivity index (χ1) is 9.56. The zero-order valence-electron chi connectivity index (χ0n) is 11.6. The monoisotopic (exact) mass is 274 g/mol. The summed E-state index contributed by atoms with van der Waals surface area (Å²) in [6, 6.07) is 5.81. The summed E-state index contributed by atoms with van der Waals surface area (Å²) in [5.74, 6) is -0.621. The second-order valence-electron chi connectivity index (χ2n) is 4.37. The van der Waals surface area contributed by atoms with Gasteiger partial charge in [-0.3, -0.25) is 4.79 Å². The van der Waals surface area contributed by atoms with Gasteiger partial charge in [0.1, 0.15) is 11.6 Å². The van der Waals surface area contributed by atoms with Gasteiger partial charge in [-0.25, -0.2) is 4.39 Å². The van der Waals surface area contributed by atoms with E-state index in [1.165, 1.54) is 19.2 Å². The number of nitrogens with zero attached hydrogens (tertiary/aromatic N) is 2. The first kappa shape index (κ1) is 14.1. The summed E-state index contributed by atoms with van der Waals surface area (Å²) in [7, 11) is 1.45. The smallest absolute Gasteiger partial charge is 0.197 e. The molecule has 0 fully saturated rings. The van der Waals surface area contributed by atoms with Crippen LogP contribution in [0.25, 0.3) is 0 Å². The molecule has 0 bridgehead atoms. The lowest BCUT2D eigenvalue weighted by Gasteiger charge is -2.08. The largest absolute Gasteiger partial charge is 0.497 e. The van der Waals surface area contributed by atoms with Gasteiger partial charge < -0.3 is 4.74 Å². The Morgan fingerprint density at radius 2 is 2.00 bits per heavy atom. The van der Waals surface area contributed by atoms with Crippen molar-refractivity contribution < 1.29 is 13.9 Å². The molecule has 0 radical (unpaired) electrons. The summed E-state index contributed by atoms with van der Waals surface area (Å²) in [5.41, 5.74) is 1.59. The van der Waals surface area contributed by atoms with E-state index in [0.29, 0.717) is 29.1 Å². The van der Waals surface area contributed by atoms with Gasteiger partial charge in [-0.05, 0) is 31.5 Å². The van der Waals surface area contributed by atoms with Crippen molar-refractivity contribution in [2.45, 2.75) is 20.3 Å². The van der Waals surface area contributed by atoms with Crippen LogP contribution in [0.4, 0.5) is 4.39 Å². The third-order valence-corrected chi connectivity index (χ3v) is 2.99. The Hall–Kier alpha value is -2.30. The summed E-state index contributed by atoms with van der Waals surface area (Å²) < 4.78 is 18.9. The van der Waals surface area contributed by atoms with Crippen LogP contribution in [0.3, 0.4) is 0 Å². The molecule has 0 aliphatic heterocycles. The SMILES string of the molecule is CCc1nnc(C)cc1C(=O)c1ccc(OC)cc1F. The molecular formula is C15H15FN2O2. The molecule has 0 N–H and O–H groups in total. The molecule has 2 rings (SSSR count). The summed E-state index contributed by atoms with van der Waals surface area (Å²) >= 11 is 0. The van der Waals surface area contributed by atoms with Crippen LogP contribution in [0.15, 0.2) is 24.3 Å². The Bertz CT molecular complexity index is 656. The highest BCUT2D eigenvalue weighted by Gasteiger charge is 2.18. The van der Waals surface area contributed by atoms with E-state index in [9.17, 15) is 9.18 Å². The predicted octanol–water partition coefficient (Wildman–Crippen LogP) is 2.73. The lowest BCUT2D eigenvalue weighted by molar-refractivity contribution is 0.103. The Kier molecular flexibility index (Phi) is 4.08. The van der Waals surface area contributed by atoms with Gasteiger partial charge in [0.2, 0.25) is 0 Å². The minimum atomic E-state index is -0.606. The third kappa shape index (κ3) is 2.66. The second kappa shape index (κ2) is 5.77. The second-order valence-corrected chi connectivity index (χ2v) is 4.37. The molecule has 0 spiro atoms. The van der Waals surface area contributed by atoms with Gasteiger partial charge in [0.05, 0.1) is 24.1 Å². The van der Waals surface area contributed by atoms with Gasteiger partial charge in [-0.1, -0.05) is 6.92 Å². The lowest BCUT2D eigenvalue weighted by atomic mass is 10.00. The van der Waals surface area contributed by atoms with E-state index in [0.717, 1.165) is 0 Å². The molecule has 1 aromatic carbocycles. The number of aryl methyl sites for hydroxylation is 2. The minimum absolute atomic E-state index is 0.00731. The third-order valence-electron chi connectivity index (χ3n) is 2.99. The van der Waals surface area contributed by atoms with E-state index in [-0.39, 0.29) is 11.3 Å². The molecular weight excluding hydrogens is 259 g/mol. The maximum absolute atomic E-state index is 14.0. The van der Waals surface area contributed by atoms with Gasteiger partial charge >= 0.3 is 0 Å². The maximum Gasteiger partial charge on any atom is 0.197 e. The number of ketones is 1. The zero-order chi connectivity index (χ0) is 14.7. The molecule has 0 aliphatic rings. The number of benzene rings is 1. The Balaban J connectivity index is 2.48. The molecule has 5 heteroatoms. The zero-order valence-corrected chi connectivity index (χ0v) is 11.6. The fourth-order valence-corrected chi connectivity index (χ4v) is 1.92. The number of methoxy groups -OCH3 is 1. The summed E-state index contributed by atoms with van der Waals surface area (Å²) in [5, 5.41) is 7.91. The predicted molar refractivity (Wildman–Crippen MR) is 72.5 cm³/mol. The van der Waals surface area contributed by atoms with E-state index in [4.69, 9.17) is 4.74 Å². The van der Waals surface area contributed by atoms with Crippen molar-refractivity contribution in [1.29, 1.82) is 0 Å². The molecule has 20 heavy (non-hydrogen) atoms. The van der Waals surface area contributed by atoms with Crippen molar-refractivity contribution in [2.75, 3.05) is 7.11 Å². The fourth-order valence-electron chi connectivity index (χ4n) is 1.92. The number of carbonyl (C=O) groups excluding carboxylic acids is 1. The molecule has 0 unspecified atom stereocenters. The van der Waals surface area contributed by atoms with Gasteiger partial charge in [0.15, 0.2) is 5.78 Å². The van der Waals surface area contributed by atoms with Crippen LogP contribution in [-0.2, 0) is 6.42 Å². The fraction of sp³-hybridized carbons (Fsp3) is 0.267. The standard InChI is InChI=1S/C15H15FN2O2/c1-4-14-12(7-9(2)17-18-14)15(19)11-6-5-10(20-3)8-13(11)16/h5-8H,4H2,1-3H3. The first-order valence-electron chi connectivity index (χ1n) is 6.28. The Morgan fingerprint density at radius 1 is 1.25 bits per heavy atom. The molecule has 104 valence electrons. The van der Waals surface area contributed by atoms with Crippen molar-refractivity contribution in [3.05, 3.63) is 52.6 Å². The van der Waals surface area contributed by atoms with Crippen LogP contribution in [-0.4, -0.2) is 23.1 Å². The van der Waals surface area contributed by atoms with E-state index in [2.05, 4.69) is 10.2 Å². The van der Waals surface area contributed by atoms with Gasteiger partial charge in [0, 0.05) is 11.6 Å². The molecule has 4 nitrogen and oxygen atoms in total. The number of hydrogen-bond donors (Lipinski definition) is 0. The topological polar surface area (TPSA) is 52.1 Å². The highest BCUT2D eigenvalue weighted by molar-refractivity contribution is 6.09. The van der Waals surface area contributed by atoms with Crippen molar-refractivity contribution in [3.63, 3.8) is 0 Å². The normalized spacial score (nSPS) is 10.4. The van der Waals surface area contributed by atoms with Crippen LogP contribution in [0.2, 0.25) is 0 Å². The van der Waals surface area contributed by atoms with Crippen LogP contribution in [0.5, 0.6) is 5.75 Å². The number of ether oxygens (including phenoxy) is 1. The molecule has 0 saturated carbocycles. The van der Waals surface area contributed by atoms with Crippen molar-refractivity contribution in [2.24, 2.45) is 0 Å². The molecule has 0 saturated heterocycles. The van der Waals surface area contributed by atoms with Gasteiger partial charge in [-0.15, -0.1) is 0 Å². The van der Waals surface area contributed by atoms with Crippen molar-refractivity contribution in [1.82, 2.24) is 10.2 Å². The van der Waals surface area contributed by atoms with Crippen LogP contribution < -0.4 is 4.74 Å². The minimum Gasteiger partial charge on any atom is -0.497 e. The van der Waals surface area contributed by atoms with E-state index < -0.39 is 5.82 Å². The number of halogens is 1. The summed E-state index contributed by atoms with van der Waals surface area (Å²) in [6.45, 7) is 3.62. The van der Waals surface area contributed by atoms with Gasteiger partial charge in [-0.2, -0.15) is 10.2 Å². The number of rotatable bonds is 4. The van der Waals surface area contributed by atoms with E-state index in [1.807, 2.05) is 6.92 Å². The van der Waals surface area contributed by atoms with Crippen LogP contribution >= 0.6 is 0 Å².